The van der Waals surface area contributed by atoms with Gasteiger partial charge in [0.2, 0.25) is 11.8 Å². The third-order valence-corrected chi connectivity index (χ3v) is 7.53. The molecule has 1 amide bonds. The second-order valence-electron chi connectivity index (χ2n) is 8.84. The number of anilines is 1. The molecule has 3 aromatic rings. The molecular formula is C22H23FN4O2Si. The minimum atomic E-state index is -1.55. The van der Waals surface area contributed by atoms with Crippen LogP contribution in [0.4, 0.5) is 10.2 Å². The quantitative estimate of drug-likeness (QED) is 0.637. The largest absolute Gasteiger partial charge is 0.481 e. The predicted octanol–water partition coefficient (Wildman–Crippen LogP) is 4.28. The summed E-state index contributed by atoms with van der Waals surface area (Å²) in [6, 6.07) is 10.1. The van der Waals surface area contributed by atoms with Gasteiger partial charge in [0.15, 0.2) is 0 Å². The van der Waals surface area contributed by atoms with E-state index in [-0.39, 0.29) is 17.6 Å². The van der Waals surface area contributed by atoms with E-state index < -0.39 is 8.07 Å². The Morgan fingerprint density at radius 1 is 1.20 bits per heavy atom. The van der Waals surface area contributed by atoms with Crippen molar-refractivity contribution >= 4 is 19.8 Å². The van der Waals surface area contributed by atoms with Crippen molar-refractivity contribution in [2.24, 2.45) is 5.92 Å². The van der Waals surface area contributed by atoms with E-state index in [0.29, 0.717) is 17.9 Å². The molecule has 3 heterocycles. The molecular weight excluding hydrogens is 399 g/mol. The lowest BCUT2D eigenvalue weighted by Gasteiger charge is -2.28. The second-order valence-corrected chi connectivity index (χ2v) is 13.8. The number of rotatable bonds is 4. The van der Waals surface area contributed by atoms with Crippen molar-refractivity contribution < 1.29 is 13.9 Å². The Balaban J connectivity index is 1.60. The summed E-state index contributed by atoms with van der Waals surface area (Å²) in [4.78, 5) is 16.5. The smallest absolute Gasteiger partial charge is 0.228 e. The van der Waals surface area contributed by atoms with E-state index in [9.17, 15) is 9.18 Å². The Morgan fingerprint density at radius 3 is 2.70 bits per heavy atom. The number of nitrogens with zero attached hydrogens (tertiary/aromatic N) is 3. The van der Waals surface area contributed by atoms with Gasteiger partial charge in [0, 0.05) is 23.8 Å². The van der Waals surface area contributed by atoms with E-state index in [0.717, 1.165) is 41.4 Å². The first-order chi connectivity index (χ1) is 14.4. The summed E-state index contributed by atoms with van der Waals surface area (Å²) >= 11 is 0. The topological polar surface area (TPSA) is 69.0 Å². The maximum Gasteiger partial charge on any atom is 0.228 e. The summed E-state index contributed by atoms with van der Waals surface area (Å²) in [6.45, 7) is 4.54. The highest BCUT2D eigenvalue weighted by Crippen LogP contribution is 2.42. The molecule has 1 aliphatic carbocycles. The number of benzene rings is 1. The van der Waals surface area contributed by atoms with E-state index in [4.69, 9.17) is 9.84 Å². The van der Waals surface area contributed by atoms with E-state index >= 15 is 0 Å². The van der Waals surface area contributed by atoms with Crippen LogP contribution in [0.15, 0.2) is 42.6 Å². The van der Waals surface area contributed by atoms with Gasteiger partial charge < -0.3 is 10.1 Å². The zero-order valence-electron chi connectivity index (χ0n) is 17.0. The first kappa shape index (κ1) is 19.0. The fraction of sp³-hybridized carbons (Fsp3) is 0.318. The molecule has 8 heteroatoms. The molecule has 1 aromatic carbocycles. The summed E-state index contributed by atoms with van der Waals surface area (Å²) in [6.07, 6.45) is 5.12. The van der Waals surface area contributed by atoms with E-state index in [1.807, 2.05) is 16.8 Å². The molecule has 2 aliphatic rings. The van der Waals surface area contributed by atoms with Crippen LogP contribution in [0.5, 0.6) is 5.88 Å². The lowest BCUT2D eigenvalue weighted by molar-refractivity contribution is -0.117. The Bertz CT molecular complexity index is 1120. The van der Waals surface area contributed by atoms with Crippen molar-refractivity contribution in [1.29, 1.82) is 0 Å². The number of fused-ring (bicyclic) bond motifs is 1. The number of carbonyl (C=O) groups excluding carboxylic acids is 1. The van der Waals surface area contributed by atoms with E-state index in [1.165, 1.54) is 12.1 Å². The molecule has 0 bridgehead atoms. The predicted molar refractivity (Wildman–Crippen MR) is 115 cm³/mol. The third kappa shape index (κ3) is 3.63. The van der Waals surface area contributed by atoms with Crippen LogP contribution in [-0.4, -0.2) is 35.0 Å². The SMILES string of the molecule is C[Si]1(C)COc2c(-c3ccnc(NC(=O)C4CC4)c3)c(-c3ccc(F)cc3)nn2C1. The Kier molecular flexibility index (Phi) is 4.46. The van der Waals surface area contributed by atoms with Crippen LogP contribution in [0.2, 0.25) is 13.1 Å². The molecule has 2 aromatic heterocycles. The zero-order valence-corrected chi connectivity index (χ0v) is 18.0. The van der Waals surface area contributed by atoms with Gasteiger partial charge in [-0.1, -0.05) is 13.1 Å². The van der Waals surface area contributed by atoms with Crippen LogP contribution in [0.3, 0.4) is 0 Å². The monoisotopic (exact) mass is 422 g/mol. The minimum absolute atomic E-state index is 0.0134. The van der Waals surface area contributed by atoms with Crippen molar-refractivity contribution in [2.75, 3.05) is 11.5 Å². The molecule has 0 unspecified atom stereocenters. The molecule has 0 spiro atoms. The van der Waals surface area contributed by atoms with Crippen LogP contribution in [0, 0.1) is 11.7 Å². The van der Waals surface area contributed by atoms with Crippen molar-refractivity contribution in [3.05, 3.63) is 48.4 Å². The van der Waals surface area contributed by atoms with Crippen LogP contribution in [-0.2, 0) is 11.0 Å². The standard InChI is InChI=1S/C22H23FN4O2Si/c1-30(2)12-27-22(29-13-30)19(20(26-27)14-5-7-17(23)8-6-14)16-9-10-24-18(11-16)25-21(28)15-3-4-15/h5-11,15H,3-4,12-13H2,1-2H3,(H,24,25,28). The highest BCUT2D eigenvalue weighted by Gasteiger charge is 2.34. The summed E-state index contributed by atoms with van der Waals surface area (Å²) < 4.78 is 21.6. The van der Waals surface area contributed by atoms with Gasteiger partial charge in [0.05, 0.1) is 11.8 Å². The molecule has 0 atom stereocenters. The number of nitrogens with one attached hydrogen (secondary N) is 1. The number of hydrogen-bond donors (Lipinski definition) is 1. The number of hydrogen-bond acceptors (Lipinski definition) is 4. The number of amides is 1. The van der Waals surface area contributed by atoms with Gasteiger partial charge in [0.1, 0.15) is 25.4 Å². The molecule has 1 saturated carbocycles. The van der Waals surface area contributed by atoms with Gasteiger partial charge in [-0.2, -0.15) is 5.10 Å². The normalized spacial score (nSPS) is 17.2. The van der Waals surface area contributed by atoms with Gasteiger partial charge in [-0.15, -0.1) is 0 Å². The number of halogens is 1. The maximum absolute atomic E-state index is 13.5. The Labute approximate surface area is 175 Å². The van der Waals surface area contributed by atoms with Gasteiger partial charge in [-0.05, 0) is 54.8 Å². The highest BCUT2D eigenvalue weighted by atomic mass is 28.3. The second kappa shape index (κ2) is 7.05. The van der Waals surface area contributed by atoms with Crippen LogP contribution in [0.25, 0.3) is 22.4 Å². The van der Waals surface area contributed by atoms with Crippen LogP contribution >= 0.6 is 0 Å². The molecule has 6 nitrogen and oxygen atoms in total. The molecule has 154 valence electrons. The minimum Gasteiger partial charge on any atom is -0.481 e. The van der Waals surface area contributed by atoms with Gasteiger partial charge in [-0.3, -0.25) is 4.79 Å². The molecule has 1 fully saturated rings. The lowest BCUT2D eigenvalue weighted by atomic mass is 10.0. The average molecular weight is 423 g/mol. The van der Waals surface area contributed by atoms with Crippen molar-refractivity contribution in [2.45, 2.75) is 32.1 Å². The molecule has 1 aliphatic heterocycles. The molecule has 5 rings (SSSR count). The highest BCUT2D eigenvalue weighted by molar-refractivity contribution is 6.76. The average Bonchev–Trinajstić information content (AvgIpc) is 3.49. The summed E-state index contributed by atoms with van der Waals surface area (Å²) in [5.41, 5.74) is 3.26. The van der Waals surface area contributed by atoms with E-state index in [1.54, 1.807) is 18.3 Å². The van der Waals surface area contributed by atoms with Crippen molar-refractivity contribution in [3.63, 3.8) is 0 Å². The van der Waals surface area contributed by atoms with Crippen LogP contribution < -0.4 is 10.1 Å². The first-order valence-corrected chi connectivity index (χ1v) is 13.6. The number of pyridine rings is 1. The number of ether oxygens (including phenoxy) is 1. The fourth-order valence-corrected chi connectivity index (χ4v) is 5.36. The fourth-order valence-electron chi connectivity index (χ4n) is 3.71. The maximum atomic E-state index is 13.5. The summed E-state index contributed by atoms with van der Waals surface area (Å²) in [5, 5.41) is 7.75. The molecule has 0 radical (unpaired) electrons. The number of carbonyl (C=O) groups is 1. The zero-order chi connectivity index (χ0) is 20.9. The Hall–Kier alpha value is -3.00. The van der Waals surface area contributed by atoms with Gasteiger partial charge in [0.25, 0.3) is 0 Å². The van der Waals surface area contributed by atoms with Crippen molar-refractivity contribution in [3.8, 4) is 28.3 Å². The summed E-state index contributed by atoms with van der Waals surface area (Å²) in [5.74, 6) is 1.05. The number of aromatic nitrogens is 3. The Morgan fingerprint density at radius 2 is 1.97 bits per heavy atom. The lowest BCUT2D eigenvalue weighted by Crippen LogP contribution is -2.44. The van der Waals surface area contributed by atoms with Gasteiger partial charge in [-0.25, -0.2) is 14.1 Å². The first-order valence-electron chi connectivity index (χ1n) is 10.2. The van der Waals surface area contributed by atoms with Crippen LogP contribution in [0.1, 0.15) is 12.8 Å². The molecule has 1 N–H and O–H groups in total. The molecule has 30 heavy (non-hydrogen) atoms. The molecule has 0 saturated heterocycles. The van der Waals surface area contributed by atoms with Crippen molar-refractivity contribution in [1.82, 2.24) is 14.8 Å². The third-order valence-electron chi connectivity index (χ3n) is 5.45. The summed E-state index contributed by atoms with van der Waals surface area (Å²) in [7, 11) is -1.55. The van der Waals surface area contributed by atoms with E-state index in [2.05, 4.69) is 23.4 Å². The van der Waals surface area contributed by atoms with Gasteiger partial charge >= 0.3 is 0 Å².